The summed E-state index contributed by atoms with van der Waals surface area (Å²) in [6.07, 6.45) is 0. The van der Waals surface area contributed by atoms with Crippen molar-refractivity contribution in [1.82, 2.24) is 19.9 Å². The van der Waals surface area contributed by atoms with E-state index in [1.807, 2.05) is 6.07 Å². The largest absolute Gasteiger partial charge is 0.423 e. The second-order valence-electron chi connectivity index (χ2n) is 5.79. The highest BCUT2D eigenvalue weighted by Gasteiger charge is 2.22. The molecule has 1 aliphatic heterocycles. The molecule has 4 rings (SSSR count). The fourth-order valence-corrected chi connectivity index (χ4v) is 2.74. The summed E-state index contributed by atoms with van der Waals surface area (Å²) in [4.78, 5) is 26.5. The molecular formula is C18H16N4O4. The van der Waals surface area contributed by atoms with Crippen LogP contribution in [0.5, 0.6) is 5.75 Å². The van der Waals surface area contributed by atoms with E-state index in [4.69, 9.17) is 9.47 Å². The average molecular weight is 352 g/mol. The van der Waals surface area contributed by atoms with Gasteiger partial charge in [0, 0.05) is 13.1 Å². The van der Waals surface area contributed by atoms with Gasteiger partial charge in [0.15, 0.2) is 0 Å². The maximum atomic E-state index is 12.6. The summed E-state index contributed by atoms with van der Waals surface area (Å²) in [7, 11) is 0. The highest BCUT2D eigenvalue weighted by atomic mass is 16.5. The molecular weight excluding hydrogens is 336 g/mol. The molecule has 1 fully saturated rings. The second kappa shape index (κ2) is 6.93. The Morgan fingerprint density at radius 2 is 1.81 bits per heavy atom. The lowest BCUT2D eigenvalue weighted by atomic mass is 10.2. The van der Waals surface area contributed by atoms with Gasteiger partial charge in [0.25, 0.3) is 0 Å². The van der Waals surface area contributed by atoms with Crippen molar-refractivity contribution in [3.05, 3.63) is 54.1 Å². The molecule has 8 heteroatoms. The zero-order valence-electron chi connectivity index (χ0n) is 13.9. The van der Waals surface area contributed by atoms with Crippen molar-refractivity contribution >= 4 is 23.0 Å². The lowest BCUT2D eigenvalue weighted by Gasteiger charge is -2.26. The number of carbonyl (C=O) groups excluding carboxylic acids is 2. The van der Waals surface area contributed by atoms with Gasteiger partial charge in [-0.05, 0) is 30.3 Å². The van der Waals surface area contributed by atoms with Crippen molar-refractivity contribution in [2.24, 2.45) is 0 Å². The lowest BCUT2D eigenvalue weighted by Crippen LogP contribution is -2.43. The van der Waals surface area contributed by atoms with Gasteiger partial charge in [0.05, 0.1) is 24.3 Å². The Morgan fingerprint density at radius 3 is 2.58 bits per heavy atom. The van der Waals surface area contributed by atoms with E-state index in [1.54, 1.807) is 47.4 Å². The first kappa shape index (κ1) is 16.2. The quantitative estimate of drug-likeness (QED) is 0.518. The van der Waals surface area contributed by atoms with Crippen LogP contribution >= 0.6 is 0 Å². The second-order valence-corrected chi connectivity index (χ2v) is 5.79. The average Bonchev–Trinajstić information content (AvgIpc) is 3.12. The molecule has 2 aromatic carbocycles. The number of ether oxygens (including phenoxy) is 2. The van der Waals surface area contributed by atoms with E-state index in [0.717, 1.165) is 0 Å². The van der Waals surface area contributed by atoms with Crippen LogP contribution in [0.4, 0.5) is 4.79 Å². The number of hydrogen-bond acceptors (Lipinski definition) is 6. The molecule has 3 aromatic rings. The molecule has 132 valence electrons. The van der Waals surface area contributed by atoms with Crippen LogP contribution in [0.1, 0.15) is 10.4 Å². The van der Waals surface area contributed by atoms with Gasteiger partial charge in [-0.1, -0.05) is 23.4 Å². The molecule has 1 aliphatic rings. The van der Waals surface area contributed by atoms with Crippen molar-refractivity contribution in [2.75, 3.05) is 26.3 Å². The molecule has 0 spiro atoms. The highest BCUT2D eigenvalue weighted by Crippen LogP contribution is 2.17. The predicted molar refractivity (Wildman–Crippen MR) is 92.1 cm³/mol. The van der Waals surface area contributed by atoms with Crippen LogP contribution in [-0.4, -0.2) is 58.2 Å². The van der Waals surface area contributed by atoms with E-state index in [-0.39, 0.29) is 6.03 Å². The number of morpholine rings is 1. The van der Waals surface area contributed by atoms with Gasteiger partial charge >= 0.3 is 12.0 Å². The SMILES string of the molecule is O=C(Oc1ccccc1)c1ccc2c(c1)nnn2C(=O)N1CCOCC1. The third-order valence-electron chi connectivity index (χ3n) is 4.10. The number of aromatic nitrogens is 3. The van der Waals surface area contributed by atoms with Crippen molar-refractivity contribution < 1.29 is 19.1 Å². The molecule has 26 heavy (non-hydrogen) atoms. The van der Waals surface area contributed by atoms with Crippen LogP contribution in [0.2, 0.25) is 0 Å². The minimum absolute atomic E-state index is 0.254. The third kappa shape index (κ3) is 3.14. The maximum absolute atomic E-state index is 12.6. The van der Waals surface area contributed by atoms with Crippen LogP contribution < -0.4 is 4.74 Å². The molecule has 0 radical (unpaired) electrons. The first-order valence-corrected chi connectivity index (χ1v) is 8.22. The summed E-state index contributed by atoms with van der Waals surface area (Å²) in [5, 5.41) is 7.95. The molecule has 0 bridgehead atoms. The first-order chi connectivity index (χ1) is 12.7. The van der Waals surface area contributed by atoms with E-state index < -0.39 is 5.97 Å². The van der Waals surface area contributed by atoms with Gasteiger partial charge in [-0.2, -0.15) is 4.68 Å². The Kier molecular flexibility index (Phi) is 4.32. The summed E-state index contributed by atoms with van der Waals surface area (Å²) in [5.74, 6) is -0.0316. The molecule has 0 unspecified atom stereocenters. The smallest absolute Gasteiger partial charge is 0.346 e. The summed E-state index contributed by atoms with van der Waals surface area (Å²) >= 11 is 0. The standard InChI is InChI=1S/C18H16N4O4/c23-17(26-14-4-2-1-3-5-14)13-6-7-16-15(12-13)19-20-22(16)18(24)21-8-10-25-11-9-21/h1-7,12H,8-11H2. The van der Waals surface area contributed by atoms with E-state index >= 15 is 0 Å². The zero-order chi connectivity index (χ0) is 17.9. The number of rotatable bonds is 2. The van der Waals surface area contributed by atoms with Crippen LogP contribution in [-0.2, 0) is 4.74 Å². The molecule has 0 atom stereocenters. The Labute approximate surface area is 148 Å². The van der Waals surface area contributed by atoms with Crippen molar-refractivity contribution in [3.63, 3.8) is 0 Å². The van der Waals surface area contributed by atoms with Crippen LogP contribution in [0.3, 0.4) is 0 Å². The number of hydrogen-bond donors (Lipinski definition) is 0. The zero-order valence-corrected chi connectivity index (χ0v) is 13.9. The Morgan fingerprint density at radius 1 is 1.04 bits per heavy atom. The molecule has 8 nitrogen and oxygen atoms in total. The van der Waals surface area contributed by atoms with Crippen LogP contribution in [0, 0.1) is 0 Å². The van der Waals surface area contributed by atoms with Gasteiger partial charge in [-0.25, -0.2) is 9.59 Å². The van der Waals surface area contributed by atoms with Gasteiger partial charge in [-0.15, -0.1) is 5.10 Å². The Bertz CT molecular complexity index is 948. The van der Waals surface area contributed by atoms with Crippen LogP contribution in [0.25, 0.3) is 11.0 Å². The van der Waals surface area contributed by atoms with Gasteiger partial charge in [0.1, 0.15) is 11.3 Å². The van der Waals surface area contributed by atoms with Crippen molar-refractivity contribution in [1.29, 1.82) is 0 Å². The summed E-state index contributed by atoms with van der Waals surface area (Å²) < 4.78 is 11.8. The van der Waals surface area contributed by atoms with Gasteiger partial charge in [0.2, 0.25) is 0 Å². The Hall–Kier alpha value is -3.26. The molecule has 1 saturated heterocycles. The van der Waals surface area contributed by atoms with E-state index in [2.05, 4.69) is 10.3 Å². The number of benzene rings is 2. The van der Waals surface area contributed by atoms with E-state index in [9.17, 15) is 9.59 Å². The van der Waals surface area contributed by atoms with Crippen molar-refractivity contribution in [2.45, 2.75) is 0 Å². The lowest BCUT2D eigenvalue weighted by molar-refractivity contribution is 0.0530. The number of amides is 1. The Balaban J connectivity index is 1.57. The maximum Gasteiger partial charge on any atom is 0.346 e. The third-order valence-corrected chi connectivity index (χ3v) is 4.10. The number of para-hydroxylation sites is 1. The predicted octanol–water partition coefficient (Wildman–Crippen LogP) is 1.95. The molecule has 0 N–H and O–H groups in total. The number of esters is 1. The van der Waals surface area contributed by atoms with Crippen molar-refractivity contribution in [3.8, 4) is 5.75 Å². The molecule has 0 aliphatic carbocycles. The fourth-order valence-electron chi connectivity index (χ4n) is 2.74. The molecule has 1 aromatic heterocycles. The fraction of sp³-hybridized carbons (Fsp3) is 0.222. The van der Waals surface area contributed by atoms with E-state index in [1.165, 1.54) is 4.68 Å². The van der Waals surface area contributed by atoms with Gasteiger partial charge < -0.3 is 14.4 Å². The number of nitrogens with zero attached hydrogens (tertiary/aromatic N) is 4. The molecule has 0 saturated carbocycles. The summed E-state index contributed by atoms with van der Waals surface area (Å²) in [6, 6.07) is 13.4. The monoisotopic (exact) mass is 352 g/mol. The minimum atomic E-state index is -0.493. The first-order valence-electron chi connectivity index (χ1n) is 8.22. The molecule has 2 heterocycles. The summed E-state index contributed by atoms with van der Waals surface area (Å²) in [5.41, 5.74) is 1.33. The topological polar surface area (TPSA) is 86.5 Å². The number of carbonyl (C=O) groups is 2. The highest BCUT2D eigenvalue weighted by molar-refractivity contribution is 5.96. The normalized spacial score (nSPS) is 14.4. The number of fused-ring (bicyclic) bond motifs is 1. The minimum Gasteiger partial charge on any atom is -0.423 e. The van der Waals surface area contributed by atoms with Crippen LogP contribution in [0.15, 0.2) is 48.5 Å². The summed E-state index contributed by atoms with van der Waals surface area (Å²) in [6.45, 7) is 2.05. The van der Waals surface area contributed by atoms with Gasteiger partial charge in [-0.3, -0.25) is 0 Å². The molecule has 1 amide bonds. The van der Waals surface area contributed by atoms with E-state index in [0.29, 0.717) is 48.6 Å².